The second-order valence-corrected chi connectivity index (χ2v) is 2.41. The van der Waals surface area contributed by atoms with E-state index in [-0.39, 0.29) is 24.8 Å². The highest BCUT2D eigenvalue weighted by molar-refractivity contribution is 5.85. The summed E-state index contributed by atoms with van der Waals surface area (Å²) in [5, 5.41) is 0. The van der Waals surface area contributed by atoms with Crippen LogP contribution in [0.5, 0.6) is 0 Å². The van der Waals surface area contributed by atoms with Gasteiger partial charge in [-0.25, -0.2) is 0 Å². The molecule has 0 aromatic rings. The van der Waals surface area contributed by atoms with Crippen molar-refractivity contribution < 1.29 is 0 Å². The van der Waals surface area contributed by atoms with E-state index < -0.39 is 0 Å². The minimum absolute atomic E-state index is 0. The molecule has 0 fully saturated rings. The van der Waals surface area contributed by atoms with Crippen LogP contribution in [0.1, 0.15) is 26.7 Å². The van der Waals surface area contributed by atoms with E-state index in [0.717, 1.165) is 12.8 Å². The van der Waals surface area contributed by atoms with Crippen molar-refractivity contribution in [1.82, 2.24) is 0 Å². The van der Waals surface area contributed by atoms with E-state index in [0.29, 0.717) is 0 Å². The zero-order valence-corrected chi connectivity index (χ0v) is 8.28. The van der Waals surface area contributed by atoms with E-state index in [2.05, 4.69) is 13.2 Å². The van der Waals surface area contributed by atoms with Gasteiger partial charge in [0.15, 0.2) is 0 Å². The van der Waals surface area contributed by atoms with Gasteiger partial charge in [0.2, 0.25) is 0 Å². The fourth-order valence-electron chi connectivity index (χ4n) is 0.427. The van der Waals surface area contributed by atoms with Crippen molar-refractivity contribution >= 4 is 24.8 Å². The standard InChI is InChI=1S/C8H14.2ClH/c1-7(2)5-6-8(3)4;;/h1,3,5-6H2,2,4H3;2*1H. The first-order valence-electron chi connectivity index (χ1n) is 2.91. The first-order valence-corrected chi connectivity index (χ1v) is 2.91. The van der Waals surface area contributed by atoms with Gasteiger partial charge in [0.1, 0.15) is 0 Å². The summed E-state index contributed by atoms with van der Waals surface area (Å²) in [6.45, 7) is 11.7. The number of rotatable bonds is 3. The number of halogens is 2. The van der Waals surface area contributed by atoms with Crippen LogP contribution in [-0.4, -0.2) is 0 Å². The maximum Gasteiger partial charge on any atom is -0.0289 e. The van der Waals surface area contributed by atoms with Crippen molar-refractivity contribution in [3.63, 3.8) is 0 Å². The molecule has 2 heteroatoms. The average molecular weight is 183 g/mol. The van der Waals surface area contributed by atoms with E-state index in [4.69, 9.17) is 0 Å². The van der Waals surface area contributed by atoms with Gasteiger partial charge in [0, 0.05) is 0 Å². The summed E-state index contributed by atoms with van der Waals surface area (Å²) in [5.41, 5.74) is 2.49. The van der Waals surface area contributed by atoms with E-state index in [9.17, 15) is 0 Å². The summed E-state index contributed by atoms with van der Waals surface area (Å²) in [6, 6.07) is 0. The van der Waals surface area contributed by atoms with Crippen molar-refractivity contribution in [2.45, 2.75) is 26.7 Å². The van der Waals surface area contributed by atoms with Crippen LogP contribution in [0.3, 0.4) is 0 Å². The molecule has 0 aromatic heterocycles. The largest absolute Gasteiger partial charge is 0.147 e. The van der Waals surface area contributed by atoms with E-state index in [1.807, 2.05) is 13.8 Å². The van der Waals surface area contributed by atoms with E-state index in [1.165, 1.54) is 11.1 Å². The van der Waals surface area contributed by atoms with Gasteiger partial charge >= 0.3 is 0 Å². The zero-order chi connectivity index (χ0) is 6.57. The first kappa shape index (κ1) is 16.6. The molecular formula is C8H16Cl2. The highest BCUT2D eigenvalue weighted by Gasteiger charge is 1.85. The Morgan fingerprint density at radius 1 is 0.900 bits per heavy atom. The molecule has 0 N–H and O–H groups in total. The van der Waals surface area contributed by atoms with Crippen LogP contribution in [0.25, 0.3) is 0 Å². The molecule has 0 nitrogen and oxygen atoms in total. The molecule has 0 unspecified atom stereocenters. The van der Waals surface area contributed by atoms with Crippen molar-refractivity contribution in [3.8, 4) is 0 Å². The number of hydrogen-bond acceptors (Lipinski definition) is 0. The SMILES string of the molecule is C=C(C)CCC(=C)C.Cl.Cl. The van der Waals surface area contributed by atoms with E-state index in [1.54, 1.807) is 0 Å². The lowest BCUT2D eigenvalue weighted by atomic mass is 10.1. The third kappa shape index (κ3) is 15.7. The molecule has 0 aliphatic heterocycles. The van der Waals surface area contributed by atoms with Crippen molar-refractivity contribution in [3.05, 3.63) is 24.3 Å². The van der Waals surface area contributed by atoms with Gasteiger partial charge in [-0.3, -0.25) is 0 Å². The fourth-order valence-corrected chi connectivity index (χ4v) is 0.427. The maximum atomic E-state index is 3.79. The Bertz CT molecular complexity index is 91.8. The highest BCUT2D eigenvalue weighted by Crippen LogP contribution is 2.05. The zero-order valence-electron chi connectivity index (χ0n) is 6.64. The Labute approximate surface area is 76.2 Å². The summed E-state index contributed by atoms with van der Waals surface area (Å²) in [7, 11) is 0. The average Bonchev–Trinajstić information content (AvgIpc) is 1.61. The molecule has 0 atom stereocenters. The smallest absolute Gasteiger partial charge is 0.0289 e. The minimum atomic E-state index is 0. The quantitative estimate of drug-likeness (QED) is 0.584. The molecule has 0 bridgehead atoms. The molecule has 0 rings (SSSR count). The highest BCUT2D eigenvalue weighted by atomic mass is 35.5. The van der Waals surface area contributed by atoms with Crippen LogP contribution < -0.4 is 0 Å². The molecule has 0 saturated heterocycles. The second kappa shape index (κ2) is 9.06. The Morgan fingerprint density at radius 2 is 1.10 bits per heavy atom. The van der Waals surface area contributed by atoms with Gasteiger partial charge in [-0.15, -0.1) is 38.0 Å². The van der Waals surface area contributed by atoms with Crippen LogP contribution in [-0.2, 0) is 0 Å². The van der Waals surface area contributed by atoms with Gasteiger partial charge in [-0.2, -0.15) is 0 Å². The summed E-state index contributed by atoms with van der Waals surface area (Å²) in [4.78, 5) is 0. The van der Waals surface area contributed by atoms with E-state index >= 15 is 0 Å². The molecule has 62 valence electrons. The third-order valence-corrected chi connectivity index (χ3v) is 0.979. The number of allylic oxidation sites excluding steroid dienone is 2. The molecule has 0 saturated carbocycles. The molecule has 0 aliphatic carbocycles. The first-order chi connectivity index (χ1) is 3.63. The predicted molar refractivity (Wildman–Crippen MR) is 53.4 cm³/mol. The molecule has 10 heavy (non-hydrogen) atoms. The molecule has 0 amide bonds. The Balaban J connectivity index is -0.000000245. The van der Waals surface area contributed by atoms with Crippen molar-refractivity contribution in [1.29, 1.82) is 0 Å². The van der Waals surface area contributed by atoms with Crippen LogP contribution in [0.4, 0.5) is 0 Å². The molecule has 0 aliphatic rings. The van der Waals surface area contributed by atoms with Gasteiger partial charge in [0.25, 0.3) is 0 Å². The Kier molecular flexibility index (Phi) is 15.0. The lowest BCUT2D eigenvalue weighted by molar-refractivity contribution is 0.933. The summed E-state index contributed by atoms with van der Waals surface area (Å²) in [6.07, 6.45) is 2.19. The molecule has 0 heterocycles. The molecule has 0 radical (unpaired) electrons. The van der Waals surface area contributed by atoms with Crippen LogP contribution in [0.15, 0.2) is 24.3 Å². The second-order valence-electron chi connectivity index (χ2n) is 2.41. The molecule has 0 aromatic carbocycles. The van der Waals surface area contributed by atoms with Gasteiger partial charge < -0.3 is 0 Å². The molecule has 0 spiro atoms. The van der Waals surface area contributed by atoms with Gasteiger partial charge in [-0.05, 0) is 26.7 Å². The predicted octanol–water partition coefficient (Wildman–Crippen LogP) is 3.76. The summed E-state index contributed by atoms with van der Waals surface area (Å²) in [5.74, 6) is 0. The lowest BCUT2D eigenvalue weighted by Crippen LogP contribution is -1.75. The monoisotopic (exact) mass is 182 g/mol. The Hall–Kier alpha value is 0.0600. The maximum absolute atomic E-state index is 3.79. The van der Waals surface area contributed by atoms with Crippen LogP contribution in [0, 0.1) is 0 Å². The topological polar surface area (TPSA) is 0 Å². The van der Waals surface area contributed by atoms with Crippen molar-refractivity contribution in [2.75, 3.05) is 0 Å². The van der Waals surface area contributed by atoms with Gasteiger partial charge in [-0.1, -0.05) is 11.1 Å². The molecular weight excluding hydrogens is 167 g/mol. The Morgan fingerprint density at radius 3 is 1.20 bits per heavy atom. The normalized spacial score (nSPS) is 7.00. The van der Waals surface area contributed by atoms with Gasteiger partial charge in [0.05, 0.1) is 0 Å². The fraction of sp³-hybridized carbons (Fsp3) is 0.500. The summed E-state index contributed by atoms with van der Waals surface area (Å²) < 4.78 is 0. The van der Waals surface area contributed by atoms with Crippen LogP contribution in [0.2, 0.25) is 0 Å². The number of hydrogen-bond donors (Lipinski definition) is 0. The minimum Gasteiger partial charge on any atom is -0.147 e. The summed E-state index contributed by atoms with van der Waals surface area (Å²) >= 11 is 0. The third-order valence-electron chi connectivity index (χ3n) is 0.979. The van der Waals surface area contributed by atoms with Crippen molar-refractivity contribution in [2.24, 2.45) is 0 Å². The lowest BCUT2D eigenvalue weighted by Gasteiger charge is -1.95. The van der Waals surface area contributed by atoms with Crippen LogP contribution >= 0.6 is 24.8 Å².